The zero-order valence-corrected chi connectivity index (χ0v) is 15.9. The lowest BCUT2D eigenvalue weighted by molar-refractivity contribution is 0.104. The summed E-state index contributed by atoms with van der Waals surface area (Å²) in [5.41, 5.74) is -1.69. The minimum absolute atomic E-state index is 0.0889. The van der Waals surface area contributed by atoms with Crippen LogP contribution in [-0.2, 0) is 11.3 Å². The molecule has 1 aromatic heterocycles. The number of benzene rings is 1. The molecule has 9 heteroatoms. The molecule has 2 aromatic rings. The Balaban J connectivity index is 2.36. The molecule has 1 heterocycles. The van der Waals surface area contributed by atoms with Gasteiger partial charge < -0.3 is 19.3 Å². The molecule has 150 valence electrons. The number of aromatic hydroxyl groups is 1. The topological polar surface area (TPSA) is 120 Å². The van der Waals surface area contributed by atoms with E-state index in [2.05, 4.69) is 0 Å². The van der Waals surface area contributed by atoms with Crippen LogP contribution in [0.5, 0.6) is 17.4 Å². The maximum absolute atomic E-state index is 12.5. The number of hydrogen-bond acceptors (Lipinski definition) is 7. The molecule has 28 heavy (non-hydrogen) atoms. The predicted octanol–water partition coefficient (Wildman–Crippen LogP) is 1.19. The first kappa shape index (κ1) is 21.0. The van der Waals surface area contributed by atoms with E-state index in [1.54, 1.807) is 18.2 Å². The van der Waals surface area contributed by atoms with Crippen LogP contribution in [0.4, 0.5) is 0 Å². The van der Waals surface area contributed by atoms with Gasteiger partial charge >= 0.3 is 5.69 Å². The number of carbonyl (C=O) groups excluding carboxylic acids is 1. The van der Waals surface area contributed by atoms with E-state index in [1.165, 1.54) is 27.4 Å². The van der Waals surface area contributed by atoms with E-state index in [0.717, 1.165) is 10.6 Å². The number of nitrogens with one attached hydrogen (secondary N) is 1. The fraction of sp³-hybridized carbons (Fsp3) is 0.316. The highest BCUT2D eigenvalue weighted by molar-refractivity contribution is 6.08. The number of allylic oxidation sites excluding steroid dienone is 1. The number of carbonyl (C=O) groups is 1. The molecule has 0 radical (unpaired) electrons. The Morgan fingerprint density at radius 2 is 1.96 bits per heavy atom. The predicted molar refractivity (Wildman–Crippen MR) is 102 cm³/mol. The first-order valence-electron chi connectivity index (χ1n) is 8.42. The number of H-pyrrole nitrogens is 1. The summed E-state index contributed by atoms with van der Waals surface area (Å²) in [5, 5.41) is 10.3. The van der Waals surface area contributed by atoms with Gasteiger partial charge in [0.25, 0.3) is 5.56 Å². The maximum Gasteiger partial charge on any atom is 0.331 e. The molecule has 0 aliphatic heterocycles. The molecule has 2 rings (SSSR count). The van der Waals surface area contributed by atoms with Gasteiger partial charge in [0.1, 0.15) is 17.1 Å². The maximum atomic E-state index is 12.5. The van der Waals surface area contributed by atoms with Crippen molar-refractivity contribution in [1.29, 1.82) is 0 Å². The molecule has 0 aliphatic rings. The fourth-order valence-electron chi connectivity index (χ4n) is 2.56. The number of hydrogen-bond donors (Lipinski definition) is 2. The van der Waals surface area contributed by atoms with Crippen LogP contribution in [-0.4, -0.2) is 48.4 Å². The number of methoxy groups -OCH3 is 3. The average Bonchev–Trinajstić information content (AvgIpc) is 2.68. The number of aromatic amines is 1. The normalized spacial score (nSPS) is 11.0. The van der Waals surface area contributed by atoms with Gasteiger partial charge in [0.05, 0.1) is 14.2 Å². The third kappa shape index (κ3) is 4.68. The highest BCUT2D eigenvalue weighted by Gasteiger charge is 2.19. The van der Waals surface area contributed by atoms with Gasteiger partial charge in [0, 0.05) is 31.9 Å². The van der Waals surface area contributed by atoms with Crippen molar-refractivity contribution in [3.8, 4) is 17.4 Å². The Labute approximate surface area is 160 Å². The van der Waals surface area contributed by atoms with Gasteiger partial charge in [-0.2, -0.15) is 0 Å². The quantitative estimate of drug-likeness (QED) is 0.375. The summed E-state index contributed by atoms with van der Waals surface area (Å²) < 4.78 is 16.2. The molecule has 0 bridgehead atoms. The second kappa shape index (κ2) is 9.56. The average molecular weight is 390 g/mol. The molecule has 0 amide bonds. The van der Waals surface area contributed by atoms with Gasteiger partial charge in [-0.05, 0) is 30.7 Å². The molecule has 1 aromatic carbocycles. The van der Waals surface area contributed by atoms with Crippen molar-refractivity contribution in [2.75, 3.05) is 27.9 Å². The number of aromatic nitrogens is 2. The Morgan fingerprint density at radius 3 is 2.61 bits per heavy atom. The Kier molecular flexibility index (Phi) is 7.16. The number of ketones is 1. The molecule has 0 atom stereocenters. The van der Waals surface area contributed by atoms with Crippen molar-refractivity contribution in [3.05, 3.63) is 56.2 Å². The monoisotopic (exact) mass is 390 g/mol. The van der Waals surface area contributed by atoms with E-state index in [-0.39, 0.29) is 6.54 Å². The van der Waals surface area contributed by atoms with Crippen molar-refractivity contribution >= 4 is 11.9 Å². The summed E-state index contributed by atoms with van der Waals surface area (Å²) in [6.45, 7) is 0.442. The first-order chi connectivity index (χ1) is 13.4. The number of ether oxygens (including phenoxy) is 3. The van der Waals surface area contributed by atoms with Gasteiger partial charge in [-0.1, -0.05) is 0 Å². The van der Waals surface area contributed by atoms with Crippen molar-refractivity contribution in [1.82, 2.24) is 9.55 Å². The van der Waals surface area contributed by atoms with E-state index >= 15 is 0 Å². The van der Waals surface area contributed by atoms with E-state index in [9.17, 15) is 19.5 Å². The Morgan fingerprint density at radius 1 is 1.21 bits per heavy atom. The lowest BCUT2D eigenvalue weighted by atomic mass is 10.1. The van der Waals surface area contributed by atoms with E-state index in [4.69, 9.17) is 14.2 Å². The summed E-state index contributed by atoms with van der Waals surface area (Å²) >= 11 is 0. The Bertz CT molecular complexity index is 989. The van der Waals surface area contributed by atoms with Crippen LogP contribution in [0.25, 0.3) is 6.08 Å². The summed E-state index contributed by atoms with van der Waals surface area (Å²) in [6, 6.07) is 5.01. The molecule has 0 spiro atoms. The highest BCUT2D eigenvalue weighted by Crippen LogP contribution is 2.25. The molecule has 2 N–H and O–H groups in total. The zero-order valence-electron chi connectivity index (χ0n) is 15.9. The zero-order chi connectivity index (χ0) is 20.7. The van der Waals surface area contributed by atoms with Crippen molar-refractivity contribution in [2.24, 2.45) is 0 Å². The van der Waals surface area contributed by atoms with Crippen molar-refractivity contribution in [2.45, 2.75) is 13.0 Å². The molecule has 0 unspecified atom stereocenters. The molecular formula is C19H22N2O7. The van der Waals surface area contributed by atoms with Crippen LogP contribution in [0.2, 0.25) is 0 Å². The van der Waals surface area contributed by atoms with E-state index in [0.29, 0.717) is 30.1 Å². The van der Waals surface area contributed by atoms with Crippen LogP contribution in [0.1, 0.15) is 22.3 Å². The van der Waals surface area contributed by atoms with Crippen LogP contribution in [0, 0.1) is 0 Å². The summed E-state index contributed by atoms with van der Waals surface area (Å²) in [4.78, 5) is 38.5. The van der Waals surface area contributed by atoms with Crippen LogP contribution in [0.3, 0.4) is 0 Å². The number of rotatable bonds is 9. The van der Waals surface area contributed by atoms with E-state index in [1.807, 2.05) is 4.98 Å². The third-order valence-corrected chi connectivity index (χ3v) is 4.00. The van der Waals surface area contributed by atoms with Gasteiger partial charge in [0.2, 0.25) is 5.88 Å². The summed E-state index contributed by atoms with van der Waals surface area (Å²) in [7, 11) is 4.49. The molecule has 0 saturated heterocycles. The number of nitrogens with zero attached hydrogens (tertiary/aromatic N) is 1. The smallest absolute Gasteiger partial charge is 0.331 e. The lowest BCUT2D eigenvalue weighted by Gasteiger charge is -2.10. The SMILES string of the molecule is COCCCn1c(O)c(C(=O)C=Cc2ccc(OC)cc2OC)c(=O)[nH]c1=O. The summed E-state index contributed by atoms with van der Waals surface area (Å²) in [5.74, 6) is -0.387. The van der Waals surface area contributed by atoms with Crippen molar-refractivity contribution in [3.63, 3.8) is 0 Å². The first-order valence-corrected chi connectivity index (χ1v) is 8.42. The Hall–Kier alpha value is -3.33. The third-order valence-electron chi connectivity index (χ3n) is 4.00. The lowest BCUT2D eigenvalue weighted by Crippen LogP contribution is -2.33. The molecule has 9 nitrogen and oxygen atoms in total. The molecule has 0 aliphatic carbocycles. The van der Waals surface area contributed by atoms with Gasteiger partial charge in [-0.25, -0.2) is 4.79 Å². The molecule has 0 fully saturated rings. The van der Waals surface area contributed by atoms with E-state index < -0.39 is 28.5 Å². The van der Waals surface area contributed by atoms with Gasteiger partial charge in [0.15, 0.2) is 5.78 Å². The largest absolute Gasteiger partial charge is 0.497 e. The van der Waals surface area contributed by atoms with Gasteiger partial charge in [-0.3, -0.25) is 19.1 Å². The van der Waals surface area contributed by atoms with Crippen LogP contribution in [0.15, 0.2) is 33.9 Å². The van der Waals surface area contributed by atoms with Crippen LogP contribution >= 0.6 is 0 Å². The van der Waals surface area contributed by atoms with Gasteiger partial charge in [-0.15, -0.1) is 0 Å². The fourth-order valence-corrected chi connectivity index (χ4v) is 2.56. The van der Waals surface area contributed by atoms with Crippen molar-refractivity contribution < 1.29 is 24.1 Å². The second-order valence-electron chi connectivity index (χ2n) is 5.76. The standard InChI is InChI=1S/C19H22N2O7/c1-26-10-4-9-21-18(24)16(17(23)20-19(21)25)14(22)8-6-12-5-7-13(27-2)11-15(12)28-3/h5-8,11,24H,4,9-10H2,1-3H3,(H,20,23,25). The molecular weight excluding hydrogens is 368 g/mol. The highest BCUT2D eigenvalue weighted by atomic mass is 16.5. The summed E-state index contributed by atoms with van der Waals surface area (Å²) in [6.07, 6.45) is 2.99. The minimum Gasteiger partial charge on any atom is -0.497 e. The van der Waals surface area contributed by atoms with Crippen LogP contribution < -0.4 is 20.7 Å². The second-order valence-corrected chi connectivity index (χ2v) is 5.76. The molecule has 0 saturated carbocycles. The minimum atomic E-state index is -0.957.